The van der Waals surface area contributed by atoms with E-state index in [-0.39, 0.29) is 6.61 Å². The van der Waals surface area contributed by atoms with Crippen LogP contribution in [0.15, 0.2) is 18.2 Å². The summed E-state index contributed by atoms with van der Waals surface area (Å²) >= 11 is 0. The van der Waals surface area contributed by atoms with Crippen LogP contribution in [-0.4, -0.2) is 41.8 Å². The van der Waals surface area contributed by atoms with Crippen molar-refractivity contribution in [1.82, 2.24) is 4.90 Å². The molecule has 1 atom stereocenters. The number of benzene rings is 1. The number of ether oxygens (including phenoxy) is 1. The molecule has 1 aliphatic rings. The first kappa shape index (κ1) is 13.1. The Hall–Kier alpha value is -1.39. The van der Waals surface area contributed by atoms with Gasteiger partial charge in [-0.2, -0.15) is 0 Å². The molecule has 0 aromatic heterocycles. The molecule has 98 valence electrons. The average molecular weight is 249 g/mol. The fourth-order valence-corrected chi connectivity index (χ4v) is 2.26. The first-order valence-electron chi connectivity index (χ1n) is 6.19. The van der Waals surface area contributed by atoms with E-state index >= 15 is 0 Å². The molecule has 1 saturated heterocycles. The van der Waals surface area contributed by atoms with Crippen molar-refractivity contribution >= 4 is 5.97 Å². The summed E-state index contributed by atoms with van der Waals surface area (Å²) in [6.45, 7) is 6.39. The second-order valence-corrected chi connectivity index (χ2v) is 4.76. The van der Waals surface area contributed by atoms with E-state index in [4.69, 9.17) is 4.74 Å². The lowest BCUT2D eigenvalue weighted by molar-refractivity contribution is -0.150. The summed E-state index contributed by atoms with van der Waals surface area (Å²) in [5, 5.41) is 9.19. The summed E-state index contributed by atoms with van der Waals surface area (Å²) in [4.78, 5) is 13.2. The lowest BCUT2D eigenvalue weighted by Crippen LogP contribution is -2.49. The Morgan fingerprint density at radius 2 is 2.28 bits per heavy atom. The highest BCUT2D eigenvalue weighted by molar-refractivity contribution is 5.73. The molecule has 0 saturated carbocycles. The van der Waals surface area contributed by atoms with Gasteiger partial charge in [0.15, 0.2) is 0 Å². The van der Waals surface area contributed by atoms with Crippen molar-refractivity contribution < 1.29 is 14.6 Å². The van der Waals surface area contributed by atoms with Crippen LogP contribution in [0, 0.1) is 13.8 Å². The molecule has 4 nitrogen and oxygen atoms in total. The largest absolute Gasteiger partial charge is 0.480 e. The molecular weight excluding hydrogens is 230 g/mol. The molecule has 0 aliphatic carbocycles. The molecule has 0 amide bonds. The van der Waals surface area contributed by atoms with E-state index < -0.39 is 12.0 Å². The van der Waals surface area contributed by atoms with Crippen LogP contribution in [0.4, 0.5) is 0 Å². The predicted octanol–water partition coefficient (Wildman–Crippen LogP) is 1.59. The van der Waals surface area contributed by atoms with Crippen LogP contribution in [0.5, 0.6) is 0 Å². The molecule has 1 fully saturated rings. The van der Waals surface area contributed by atoms with E-state index in [1.807, 2.05) is 11.0 Å². The third kappa shape index (κ3) is 2.71. The van der Waals surface area contributed by atoms with Crippen molar-refractivity contribution in [2.45, 2.75) is 26.4 Å². The minimum Gasteiger partial charge on any atom is -0.480 e. The topological polar surface area (TPSA) is 49.8 Å². The summed E-state index contributed by atoms with van der Waals surface area (Å²) in [7, 11) is 0. The molecule has 2 rings (SSSR count). The van der Waals surface area contributed by atoms with E-state index in [1.54, 1.807) is 0 Å². The quantitative estimate of drug-likeness (QED) is 0.883. The van der Waals surface area contributed by atoms with Gasteiger partial charge in [-0.05, 0) is 30.5 Å². The number of rotatable bonds is 3. The summed E-state index contributed by atoms with van der Waals surface area (Å²) in [5.74, 6) is -0.806. The second kappa shape index (κ2) is 5.50. The van der Waals surface area contributed by atoms with Gasteiger partial charge in [0.2, 0.25) is 0 Å². The normalized spacial score (nSPS) is 20.9. The van der Waals surface area contributed by atoms with Crippen LogP contribution in [0.2, 0.25) is 0 Å². The Bertz CT molecular complexity index is 445. The van der Waals surface area contributed by atoms with Gasteiger partial charge in [-0.25, -0.2) is 0 Å². The van der Waals surface area contributed by atoms with Crippen LogP contribution in [0.3, 0.4) is 0 Å². The van der Waals surface area contributed by atoms with E-state index in [0.717, 1.165) is 0 Å². The first-order chi connectivity index (χ1) is 8.59. The molecule has 1 aliphatic heterocycles. The van der Waals surface area contributed by atoms with E-state index in [0.29, 0.717) is 19.7 Å². The molecule has 1 unspecified atom stereocenters. The molecule has 0 radical (unpaired) electrons. The molecule has 1 aromatic carbocycles. The first-order valence-corrected chi connectivity index (χ1v) is 6.19. The van der Waals surface area contributed by atoms with Crippen molar-refractivity contribution in [3.05, 3.63) is 34.9 Å². The zero-order valence-corrected chi connectivity index (χ0v) is 10.8. The molecular formula is C14H19NO3. The smallest absolute Gasteiger partial charge is 0.323 e. The van der Waals surface area contributed by atoms with Crippen molar-refractivity contribution in [3.63, 3.8) is 0 Å². The number of aliphatic carboxylic acids is 1. The van der Waals surface area contributed by atoms with Gasteiger partial charge in [-0.15, -0.1) is 0 Å². The molecule has 1 heterocycles. The Morgan fingerprint density at radius 3 is 3.00 bits per heavy atom. The van der Waals surface area contributed by atoms with Crippen molar-refractivity contribution in [1.29, 1.82) is 0 Å². The maximum Gasteiger partial charge on any atom is 0.323 e. The van der Waals surface area contributed by atoms with E-state index in [2.05, 4.69) is 26.0 Å². The lowest BCUT2D eigenvalue weighted by atomic mass is 10.0. The highest BCUT2D eigenvalue weighted by Crippen LogP contribution is 2.18. The van der Waals surface area contributed by atoms with Gasteiger partial charge in [0.05, 0.1) is 13.2 Å². The minimum atomic E-state index is -0.806. The Labute approximate surface area is 107 Å². The summed E-state index contributed by atoms with van der Waals surface area (Å²) in [5.41, 5.74) is 3.68. The zero-order valence-electron chi connectivity index (χ0n) is 10.8. The number of carboxylic acids is 1. The standard InChI is InChI=1S/C14H19NO3/c1-10-4-3-5-12(11(10)2)8-15-6-7-18-9-13(15)14(16)17/h3-5,13H,6-9H2,1-2H3,(H,16,17). The fraction of sp³-hybridized carbons (Fsp3) is 0.500. The Kier molecular flexibility index (Phi) is 3.99. The molecule has 18 heavy (non-hydrogen) atoms. The summed E-state index contributed by atoms with van der Waals surface area (Å²) in [6.07, 6.45) is 0. The van der Waals surface area contributed by atoms with Crippen LogP contribution >= 0.6 is 0 Å². The molecule has 4 heteroatoms. The van der Waals surface area contributed by atoms with Gasteiger partial charge < -0.3 is 9.84 Å². The maximum absolute atomic E-state index is 11.2. The number of hydrogen-bond acceptors (Lipinski definition) is 3. The highest BCUT2D eigenvalue weighted by Gasteiger charge is 2.29. The number of morpholine rings is 1. The van der Waals surface area contributed by atoms with Crippen molar-refractivity contribution in [2.75, 3.05) is 19.8 Å². The van der Waals surface area contributed by atoms with Crippen LogP contribution in [0.1, 0.15) is 16.7 Å². The van der Waals surface area contributed by atoms with Gasteiger partial charge in [0.1, 0.15) is 6.04 Å². The Morgan fingerprint density at radius 1 is 1.50 bits per heavy atom. The Balaban J connectivity index is 2.16. The number of nitrogens with zero attached hydrogens (tertiary/aromatic N) is 1. The molecule has 0 bridgehead atoms. The van der Waals surface area contributed by atoms with Crippen LogP contribution in [0.25, 0.3) is 0 Å². The molecule has 1 aromatic rings. The van der Waals surface area contributed by atoms with Gasteiger partial charge in [-0.1, -0.05) is 18.2 Å². The average Bonchev–Trinajstić information content (AvgIpc) is 2.35. The highest BCUT2D eigenvalue weighted by atomic mass is 16.5. The number of hydrogen-bond donors (Lipinski definition) is 1. The maximum atomic E-state index is 11.2. The van der Waals surface area contributed by atoms with Gasteiger partial charge >= 0.3 is 5.97 Å². The lowest BCUT2D eigenvalue weighted by Gasteiger charge is -2.33. The van der Waals surface area contributed by atoms with Crippen LogP contribution in [-0.2, 0) is 16.1 Å². The minimum absolute atomic E-state index is 0.278. The zero-order chi connectivity index (χ0) is 13.1. The van der Waals surface area contributed by atoms with Gasteiger partial charge in [0, 0.05) is 13.1 Å². The van der Waals surface area contributed by atoms with Gasteiger partial charge in [0.25, 0.3) is 0 Å². The number of carbonyl (C=O) groups is 1. The molecule has 1 N–H and O–H groups in total. The molecule has 0 spiro atoms. The van der Waals surface area contributed by atoms with E-state index in [9.17, 15) is 9.90 Å². The number of carboxylic acid groups (broad SMARTS) is 1. The third-order valence-electron chi connectivity index (χ3n) is 3.61. The number of aryl methyl sites for hydroxylation is 1. The van der Waals surface area contributed by atoms with Gasteiger partial charge in [-0.3, -0.25) is 9.69 Å². The van der Waals surface area contributed by atoms with Crippen LogP contribution < -0.4 is 0 Å². The second-order valence-electron chi connectivity index (χ2n) is 4.76. The third-order valence-corrected chi connectivity index (χ3v) is 3.61. The summed E-state index contributed by atoms with van der Waals surface area (Å²) in [6, 6.07) is 5.64. The summed E-state index contributed by atoms with van der Waals surface area (Å²) < 4.78 is 5.24. The van der Waals surface area contributed by atoms with Crippen molar-refractivity contribution in [3.8, 4) is 0 Å². The fourth-order valence-electron chi connectivity index (χ4n) is 2.26. The van der Waals surface area contributed by atoms with Crippen molar-refractivity contribution in [2.24, 2.45) is 0 Å². The monoisotopic (exact) mass is 249 g/mol. The predicted molar refractivity (Wildman–Crippen MR) is 68.6 cm³/mol. The van der Waals surface area contributed by atoms with E-state index in [1.165, 1.54) is 16.7 Å². The SMILES string of the molecule is Cc1cccc(CN2CCOCC2C(=O)O)c1C.